The molecule has 0 aliphatic carbocycles. The summed E-state index contributed by atoms with van der Waals surface area (Å²) in [4.78, 5) is 18.5. The normalized spacial score (nSPS) is 11.1. The Morgan fingerprint density at radius 3 is 2.33 bits per heavy atom. The monoisotopic (exact) mass is 443 g/mol. The summed E-state index contributed by atoms with van der Waals surface area (Å²) in [6, 6.07) is 20.1. The molecule has 0 N–H and O–H groups in total. The lowest BCUT2D eigenvalue weighted by Crippen LogP contribution is -2.22. The average Bonchev–Trinajstić information content (AvgIpc) is 2.84. The molecule has 0 saturated carbocycles. The Morgan fingerprint density at radius 2 is 1.58 bits per heavy atom. The molecule has 7 heteroatoms. The van der Waals surface area contributed by atoms with Crippen molar-refractivity contribution in [1.82, 2.24) is 19.9 Å². The van der Waals surface area contributed by atoms with E-state index in [-0.39, 0.29) is 0 Å². The lowest BCUT2D eigenvalue weighted by Gasteiger charge is -2.22. The summed E-state index contributed by atoms with van der Waals surface area (Å²) < 4.78 is 10.8. The number of nitrogens with zero attached hydrogens (tertiary/aromatic N) is 5. The highest BCUT2D eigenvalue weighted by atomic mass is 16.5. The second kappa shape index (κ2) is 10.3. The number of ether oxygens (including phenoxy) is 2. The van der Waals surface area contributed by atoms with Gasteiger partial charge in [0.15, 0.2) is 11.5 Å². The second-order valence-electron chi connectivity index (χ2n) is 8.02. The summed E-state index contributed by atoms with van der Waals surface area (Å²) in [5.74, 6) is 3.11. The van der Waals surface area contributed by atoms with E-state index in [0.29, 0.717) is 18.8 Å². The second-order valence-corrected chi connectivity index (χ2v) is 8.02. The van der Waals surface area contributed by atoms with E-state index >= 15 is 0 Å². The third kappa shape index (κ3) is 5.38. The van der Waals surface area contributed by atoms with Crippen LogP contribution in [0, 0.1) is 0 Å². The maximum atomic E-state index is 5.47. The molecule has 2 heterocycles. The van der Waals surface area contributed by atoms with Crippen LogP contribution < -0.4 is 14.4 Å². The SMILES string of the molecule is COc1ccc(CN(C)c2nc(CN(C)Cc3ccccn3)nc3ccccc23)cc1OC. The maximum Gasteiger partial charge on any atom is 0.161 e. The molecule has 2 aromatic heterocycles. The van der Waals surface area contributed by atoms with Gasteiger partial charge in [-0.15, -0.1) is 0 Å². The zero-order valence-corrected chi connectivity index (χ0v) is 19.5. The highest BCUT2D eigenvalue weighted by Crippen LogP contribution is 2.29. The molecule has 7 nitrogen and oxygen atoms in total. The largest absolute Gasteiger partial charge is 0.493 e. The third-order valence-electron chi connectivity index (χ3n) is 5.43. The molecule has 0 atom stereocenters. The Morgan fingerprint density at radius 1 is 0.788 bits per heavy atom. The van der Waals surface area contributed by atoms with E-state index in [1.165, 1.54) is 0 Å². The van der Waals surface area contributed by atoms with Crippen molar-refractivity contribution in [2.45, 2.75) is 19.6 Å². The van der Waals surface area contributed by atoms with Crippen molar-refractivity contribution in [3.05, 3.63) is 83.9 Å². The van der Waals surface area contributed by atoms with Gasteiger partial charge in [0.05, 0.1) is 32.0 Å². The Hall–Kier alpha value is -3.71. The summed E-state index contributed by atoms with van der Waals surface area (Å²) in [7, 11) is 7.40. The van der Waals surface area contributed by atoms with Gasteiger partial charge in [-0.3, -0.25) is 9.88 Å². The van der Waals surface area contributed by atoms with Crippen molar-refractivity contribution in [1.29, 1.82) is 0 Å². The highest BCUT2D eigenvalue weighted by molar-refractivity contribution is 5.89. The number of pyridine rings is 1. The molecule has 0 spiro atoms. The van der Waals surface area contributed by atoms with Gasteiger partial charge in [-0.25, -0.2) is 9.97 Å². The molecule has 0 bridgehead atoms. The van der Waals surface area contributed by atoms with Crippen molar-refractivity contribution < 1.29 is 9.47 Å². The number of rotatable bonds is 9. The molecular weight excluding hydrogens is 414 g/mol. The van der Waals surface area contributed by atoms with E-state index in [0.717, 1.165) is 46.1 Å². The quantitative estimate of drug-likeness (QED) is 0.382. The highest BCUT2D eigenvalue weighted by Gasteiger charge is 2.15. The lowest BCUT2D eigenvalue weighted by atomic mass is 10.1. The van der Waals surface area contributed by atoms with Crippen LogP contribution in [0.4, 0.5) is 5.82 Å². The predicted molar refractivity (Wildman–Crippen MR) is 131 cm³/mol. The number of aromatic nitrogens is 3. The Balaban J connectivity index is 1.59. The van der Waals surface area contributed by atoms with Gasteiger partial charge in [0.25, 0.3) is 0 Å². The van der Waals surface area contributed by atoms with Crippen molar-refractivity contribution in [3.63, 3.8) is 0 Å². The maximum absolute atomic E-state index is 5.47. The van der Waals surface area contributed by atoms with Crippen LogP contribution in [-0.2, 0) is 19.6 Å². The summed E-state index contributed by atoms with van der Waals surface area (Å²) in [6.07, 6.45) is 1.82. The molecule has 0 radical (unpaired) electrons. The minimum Gasteiger partial charge on any atom is -0.493 e. The molecule has 4 aromatic rings. The summed E-state index contributed by atoms with van der Waals surface area (Å²) >= 11 is 0. The first kappa shape index (κ1) is 22.5. The number of methoxy groups -OCH3 is 2. The first-order valence-electron chi connectivity index (χ1n) is 10.8. The van der Waals surface area contributed by atoms with Gasteiger partial charge in [0.2, 0.25) is 0 Å². The van der Waals surface area contributed by atoms with Crippen LogP contribution in [0.15, 0.2) is 66.9 Å². The molecule has 0 amide bonds. The standard InChI is InChI=1S/C26H29N5O2/c1-30(17-20-9-7-8-14-27-20)18-25-28-22-11-6-5-10-21(22)26(29-25)31(2)16-19-12-13-23(32-3)24(15-19)33-4/h5-15H,16-18H2,1-4H3. The fraction of sp³-hybridized carbons (Fsp3) is 0.269. The Kier molecular flexibility index (Phi) is 7.00. The van der Waals surface area contributed by atoms with Crippen molar-refractivity contribution in [2.24, 2.45) is 0 Å². The van der Waals surface area contributed by atoms with Crippen LogP contribution in [0.3, 0.4) is 0 Å². The number of anilines is 1. The molecule has 4 rings (SSSR count). The minimum atomic E-state index is 0.624. The molecule has 0 fully saturated rings. The molecule has 170 valence electrons. The smallest absolute Gasteiger partial charge is 0.161 e. The predicted octanol–water partition coefficient (Wildman–Crippen LogP) is 4.31. The van der Waals surface area contributed by atoms with Crippen LogP contribution in [0.25, 0.3) is 10.9 Å². The number of benzene rings is 2. The van der Waals surface area contributed by atoms with E-state index in [2.05, 4.69) is 27.9 Å². The van der Waals surface area contributed by atoms with E-state index < -0.39 is 0 Å². The van der Waals surface area contributed by atoms with E-state index in [4.69, 9.17) is 19.4 Å². The minimum absolute atomic E-state index is 0.624. The van der Waals surface area contributed by atoms with Crippen molar-refractivity contribution in [2.75, 3.05) is 33.2 Å². The molecular formula is C26H29N5O2. The molecule has 0 unspecified atom stereocenters. The lowest BCUT2D eigenvalue weighted by molar-refractivity contribution is 0.307. The first-order valence-corrected chi connectivity index (χ1v) is 10.8. The average molecular weight is 444 g/mol. The van der Waals surface area contributed by atoms with Crippen LogP contribution in [0.5, 0.6) is 11.5 Å². The van der Waals surface area contributed by atoms with Crippen LogP contribution >= 0.6 is 0 Å². The number of fused-ring (bicyclic) bond motifs is 1. The topological polar surface area (TPSA) is 63.6 Å². The van der Waals surface area contributed by atoms with Crippen molar-refractivity contribution in [3.8, 4) is 11.5 Å². The van der Waals surface area contributed by atoms with E-state index in [9.17, 15) is 0 Å². The third-order valence-corrected chi connectivity index (χ3v) is 5.43. The first-order chi connectivity index (χ1) is 16.1. The molecule has 0 aliphatic heterocycles. The molecule has 0 aliphatic rings. The van der Waals surface area contributed by atoms with Gasteiger partial charge in [-0.05, 0) is 49.0 Å². The van der Waals surface area contributed by atoms with E-state index in [1.54, 1.807) is 14.2 Å². The van der Waals surface area contributed by atoms with Gasteiger partial charge in [-0.2, -0.15) is 0 Å². The summed E-state index contributed by atoms with van der Waals surface area (Å²) in [6.45, 7) is 2.02. The molecule has 0 saturated heterocycles. The number of para-hydroxylation sites is 1. The van der Waals surface area contributed by atoms with Crippen LogP contribution in [-0.4, -0.2) is 48.2 Å². The zero-order chi connectivity index (χ0) is 23.2. The van der Waals surface area contributed by atoms with Crippen LogP contribution in [0.2, 0.25) is 0 Å². The fourth-order valence-corrected chi connectivity index (χ4v) is 3.86. The van der Waals surface area contributed by atoms with Crippen molar-refractivity contribution >= 4 is 16.7 Å². The van der Waals surface area contributed by atoms with Gasteiger partial charge in [0, 0.05) is 31.7 Å². The molecule has 2 aromatic carbocycles. The van der Waals surface area contributed by atoms with Crippen LogP contribution in [0.1, 0.15) is 17.1 Å². The number of hydrogen-bond donors (Lipinski definition) is 0. The summed E-state index contributed by atoms with van der Waals surface area (Å²) in [5.41, 5.74) is 3.06. The van der Waals surface area contributed by atoms with Gasteiger partial charge < -0.3 is 14.4 Å². The van der Waals surface area contributed by atoms with Gasteiger partial charge in [0.1, 0.15) is 11.6 Å². The Labute approximate surface area is 194 Å². The Bertz CT molecular complexity index is 1220. The molecule has 33 heavy (non-hydrogen) atoms. The number of hydrogen-bond acceptors (Lipinski definition) is 7. The van der Waals surface area contributed by atoms with Gasteiger partial charge >= 0.3 is 0 Å². The zero-order valence-electron chi connectivity index (χ0n) is 19.5. The fourth-order valence-electron chi connectivity index (χ4n) is 3.86. The van der Waals surface area contributed by atoms with E-state index in [1.807, 2.05) is 67.8 Å². The summed E-state index contributed by atoms with van der Waals surface area (Å²) in [5, 5.41) is 1.02. The van der Waals surface area contributed by atoms with Gasteiger partial charge in [-0.1, -0.05) is 24.3 Å².